The van der Waals surface area contributed by atoms with Crippen LogP contribution < -0.4 is 0 Å². The second kappa shape index (κ2) is 5.96. The van der Waals surface area contributed by atoms with Crippen LogP contribution in [0.5, 0.6) is 0 Å². The Morgan fingerprint density at radius 1 is 1.25 bits per heavy atom. The van der Waals surface area contributed by atoms with Crippen molar-refractivity contribution >= 4 is 5.91 Å². The van der Waals surface area contributed by atoms with E-state index in [4.69, 9.17) is 5.11 Å². The normalized spacial score (nSPS) is 22.2. The first kappa shape index (κ1) is 13.6. The Labute approximate surface area is 120 Å². The molecule has 1 heterocycles. The average Bonchev–Trinajstić information content (AvgIpc) is 3.10. The Hall–Kier alpha value is -1.35. The lowest BCUT2D eigenvalue weighted by molar-refractivity contribution is -0.136. The predicted octanol–water partition coefficient (Wildman–Crippen LogP) is 2.16. The molecular formula is C17H23NO2. The first-order chi connectivity index (χ1) is 9.79. The van der Waals surface area contributed by atoms with Crippen molar-refractivity contribution in [3.8, 4) is 0 Å². The van der Waals surface area contributed by atoms with E-state index in [-0.39, 0.29) is 12.5 Å². The van der Waals surface area contributed by atoms with Crippen LogP contribution in [0.4, 0.5) is 0 Å². The Morgan fingerprint density at radius 2 is 1.95 bits per heavy atom. The zero-order valence-electron chi connectivity index (χ0n) is 11.9. The van der Waals surface area contributed by atoms with Crippen molar-refractivity contribution in [2.75, 3.05) is 13.2 Å². The predicted molar refractivity (Wildman–Crippen MR) is 78.4 cm³/mol. The van der Waals surface area contributed by atoms with Gasteiger partial charge in [0.1, 0.15) is 0 Å². The van der Waals surface area contributed by atoms with Gasteiger partial charge in [0, 0.05) is 25.1 Å². The zero-order valence-corrected chi connectivity index (χ0v) is 11.9. The molecule has 1 aliphatic carbocycles. The van der Waals surface area contributed by atoms with E-state index in [2.05, 4.69) is 29.2 Å². The number of carbonyl (C=O) groups excluding carboxylic acids is 1. The number of likely N-dealkylation sites (tertiary alicyclic amines) is 1. The highest BCUT2D eigenvalue weighted by Crippen LogP contribution is 2.31. The van der Waals surface area contributed by atoms with E-state index < -0.39 is 0 Å². The minimum absolute atomic E-state index is 0.141. The monoisotopic (exact) mass is 273 g/mol. The van der Waals surface area contributed by atoms with Crippen molar-refractivity contribution in [2.45, 2.75) is 44.6 Å². The van der Waals surface area contributed by atoms with Gasteiger partial charge in [-0.1, -0.05) is 24.3 Å². The number of nitrogens with zero attached hydrogens (tertiary/aromatic N) is 1. The molecule has 1 saturated heterocycles. The first-order valence-electron chi connectivity index (χ1n) is 7.77. The van der Waals surface area contributed by atoms with Crippen molar-refractivity contribution in [3.63, 3.8) is 0 Å². The molecule has 1 unspecified atom stereocenters. The quantitative estimate of drug-likeness (QED) is 0.913. The van der Waals surface area contributed by atoms with Gasteiger partial charge in [-0.15, -0.1) is 0 Å². The molecule has 3 nitrogen and oxygen atoms in total. The van der Waals surface area contributed by atoms with Gasteiger partial charge in [-0.2, -0.15) is 0 Å². The lowest BCUT2D eigenvalue weighted by Crippen LogP contribution is -2.40. The van der Waals surface area contributed by atoms with Crippen molar-refractivity contribution in [2.24, 2.45) is 5.92 Å². The van der Waals surface area contributed by atoms with Crippen molar-refractivity contribution in [1.29, 1.82) is 0 Å². The van der Waals surface area contributed by atoms with Crippen molar-refractivity contribution in [1.82, 2.24) is 4.90 Å². The van der Waals surface area contributed by atoms with Gasteiger partial charge in [-0.05, 0) is 49.7 Å². The van der Waals surface area contributed by atoms with Crippen LogP contribution in [-0.4, -0.2) is 35.1 Å². The van der Waals surface area contributed by atoms with Gasteiger partial charge < -0.3 is 10.0 Å². The summed E-state index contributed by atoms with van der Waals surface area (Å²) in [5, 5.41) is 8.98. The third kappa shape index (κ3) is 2.59. The number of aliphatic hydroxyl groups excluding tert-OH is 1. The van der Waals surface area contributed by atoms with Crippen molar-refractivity contribution in [3.05, 3.63) is 35.4 Å². The molecule has 20 heavy (non-hydrogen) atoms. The van der Waals surface area contributed by atoms with Crippen LogP contribution in [0.2, 0.25) is 0 Å². The standard InChI is InChI=1S/C17H23NO2/c19-10-4-8-16-7-3-9-18(16)17(20)15-11-13-5-1-2-6-14(13)12-15/h1-2,5-6,15-16,19H,3-4,7-12H2. The van der Waals surface area contributed by atoms with Crippen LogP contribution in [0.15, 0.2) is 24.3 Å². The van der Waals surface area contributed by atoms with Crippen LogP contribution in [0, 0.1) is 5.92 Å². The molecule has 1 N–H and O–H groups in total. The SMILES string of the molecule is O=C(C1Cc2ccccc2C1)N1CCCC1CCCO. The number of amides is 1. The lowest BCUT2D eigenvalue weighted by atomic mass is 10.0. The number of fused-ring (bicyclic) bond motifs is 1. The molecule has 1 atom stereocenters. The number of hydrogen-bond donors (Lipinski definition) is 1. The summed E-state index contributed by atoms with van der Waals surface area (Å²) in [5.41, 5.74) is 2.69. The van der Waals surface area contributed by atoms with E-state index in [9.17, 15) is 4.79 Å². The maximum atomic E-state index is 12.8. The van der Waals surface area contributed by atoms with E-state index in [0.717, 1.165) is 45.1 Å². The Balaban J connectivity index is 1.65. The minimum Gasteiger partial charge on any atom is -0.396 e. The molecular weight excluding hydrogens is 250 g/mol. The maximum absolute atomic E-state index is 12.8. The number of carbonyl (C=O) groups is 1. The summed E-state index contributed by atoms with van der Waals surface area (Å²) in [6.45, 7) is 1.13. The Bertz CT molecular complexity index is 461. The summed E-state index contributed by atoms with van der Waals surface area (Å²) >= 11 is 0. The second-order valence-electron chi connectivity index (χ2n) is 6.07. The molecule has 0 aromatic heterocycles. The molecule has 1 aromatic carbocycles. The third-order valence-corrected chi connectivity index (χ3v) is 4.76. The maximum Gasteiger partial charge on any atom is 0.226 e. The van der Waals surface area contributed by atoms with Crippen molar-refractivity contribution < 1.29 is 9.90 Å². The molecule has 3 heteroatoms. The van der Waals surface area contributed by atoms with Crippen LogP contribution in [0.3, 0.4) is 0 Å². The molecule has 0 bridgehead atoms. The molecule has 1 aliphatic heterocycles. The van der Waals surface area contributed by atoms with Crippen LogP contribution in [0.1, 0.15) is 36.8 Å². The van der Waals surface area contributed by atoms with Crippen LogP contribution in [0.25, 0.3) is 0 Å². The summed E-state index contributed by atoms with van der Waals surface area (Å²) in [5.74, 6) is 0.476. The topological polar surface area (TPSA) is 40.5 Å². The van der Waals surface area contributed by atoms with E-state index in [1.165, 1.54) is 11.1 Å². The highest BCUT2D eigenvalue weighted by atomic mass is 16.3. The van der Waals surface area contributed by atoms with Gasteiger partial charge in [0.05, 0.1) is 0 Å². The number of hydrogen-bond acceptors (Lipinski definition) is 2. The third-order valence-electron chi connectivity index (χ3n) is 4.76. The van der Waals surface area contributed by atoms with Gasteiger partial charge in [0.15, 0.2) is 0 Å². The smallest absolute Gasteiger partial charge is 0.226 e. The highest BCUT2D eigenvalue weighted by Gasteiger charge is 2.35. The van der Waals surface area contributed by atoms with Gasteiger partial charge in [-0.25, -0.2) is 0 Å². The number of rotatable bonds is 4. The minimum atomic E-state index is 0.141. The van der Waals surface area contributed by atoms with Gasteiger partial charge in [-0.3, -0.25) is 4.79 Å². The van der Waals surface area contributed by atoms with Crippen LogP contribution in [-0.2, 0) is 17.6 Å². The average molecular weight is 273 g/mol. The molecule has 2 aliphatic rings. The van der Waals surface area contributed by atoms with E-state index in [1.807, 2.05) is 0 Å². The number of aliphatic hydroxyl groups is 1. The van der Waals surface area contributed by atoms with Gasteiger partial charge in [0.25, 0.3) is 0 Å². The lowest BCUT2D eigenvalue weighted by Gasteiger charge is -2.27. The molecule has 1 aromatic rings. The van der Waals surface area contributed by atoms with Gasteiger partial charge >= 0.3 is 0 Å². The molecule has 1 fully saturated rings. The zero-order chi connectivity index (χ0) is 13.9. The molecule has 0 spiro atoms. The summed E-state index contributed by atoms with van der Waals surface area (Å²) < 4.78 is 0. The fraction of sp³-hybridized carbons (Fsp3) is 0.588. The first-order valence-corrected chi connectivity index (χ1v) is 7.77. The molecule has 0 saturated carbocycles. The molecule has 108 valence electrons. The largest absolute Gasteiger partial charge is 0.396 e. The van der Waals surface area contributed by atoms with E-state index in [0.29, 0.717) is 11.9 Å². The summed E-state index contributed by atoms with van der Waals surface area (Å²) in [4.78, 5) is 14.8. The Kier molecular flexibility index (Phi) is 4.06. The van der Waals surface area contributed by atoms with Crippen LogP contribution >= 0.6 is 0 Å². The molecule has 3 rings (SSSR count). The fourth-order valence-electron chi connectivity index (χ4n) is 3.72. The summed E-state index contributed by atoms with van der Waals surface area (Å²) in [6, 6.07) is 8.78. The molecule has 1 amide bonds. The fourth-order valence-corrected chi connectivity index (χ4v) is 3.72. The van der Waals surface area contributed by atoms with E-state index in [1.54, 1.807) is 0 Å². The second-order valence-corrected chi connectivity index (χ2v) is 6.07. The molecule has 0 radical (unpaired) electrons. The van der Waals surface area contributed by atoms with Gasteiger partial charge in [0.2, 0.25) is 5.91 Å². The summed E-state index contributed by atoms with van der Waals surface area (Å²) in [7, 11) is 0. The number of benzene rings is 1. The Morgan fingerprint density at radius 3 is 2.60 bits per heavy atom. The highest BCUT2D eigenvalue weighted by molar-refractivity contribution is 5.81. The summed E-state index contributed by atoms with van der Waals surface area (Å²) in [6.07, 6.45) is 5.77. The van der Waals surface area contributed by atoms with E-state index >= 15 is 0 Å².